The van der Waals surface area contributed by atoms with Gasteiger partial charge in [0.1, 0.15) is 5.01 Å². The van der Waals surface area contributed by atoms with Crippen molar-refractivity contribution >= 4 is 23.2 Å². The van der Waals surface area contributed by atoms with E-state index in [0.717, 1.165) is 37.4 Å². The molecule has 1 aromatic rings. The quantitative estimate of drug-likeness (QED) is 0.875. The summed E-state index contributed by atoms with van der Waals surface area (Å²) < 4.78 is 0. The van der Waals surface area contributed by atoms with Crippen LogP contribution in [0.5, 0.6) is 0 Å². The average molecular weight is 323 g/mol. The molecule has 22 heavy (non-hydrogen) atoms. The van der Waals surface area contributed by atoms with Crippen LogP contribution < -0.4 is 5.32 Å². The maximum atomic E-state index is 12.2. The summed E-state index contributed by atoms with van der Waals surface area (Å²) in [6.07, 6.45) is 7.70. The van der Waals surface area contributed by atoms with Gasteiger partial charge in [0.05, 0.1) is 6.04 Å². The third kappa shape index (κ3) is 5.09. The molecule has 5 nitrogen and oxygen atoms in total. The molecule has 1 aliphatic heterocycles. The monoisotopic (exact) mass is 323 g/mol. The fraction of sp³-hybridized carbons (Fsp3) is 0.688. The van der Waals surface area contributed by atoms with Gasteiger partial charge in [-0.25, -0.2) is 4.98 Å². The number of likely N-dealkylation sites (tertiary alicyclic amines) is 1. The van der Waals surface area contributed by atoms with Crippen molar-refractivity contribution in [1.29, 1.82) is 0 Å². The Morgan fingerprint density at radius 3 is 2.59 bits per heavy atom. The number of carbonyl (C=O) groups is 2. The van der Waals surface area contributed by atoms with Crippen molar-refractivity contribution in [1.82, 2.24) is 15.2 Å². The summed E-state index contributed by atoms with van der Waals surface area (Å²) in [6, 6.07) is -0.0409. The van der Waals surface area contributed by atoms with Crippen LogP contribution in [0.1, 0.15) is 62.9 Å². The minimum absolute atomic E-state index is 0.0409. The molecule has 0 spiro atoms. The van der Waals surface area contributed by atoms with E-state index >= 15 is 0 Å². The summed E-state index contributed by atoms with van der Waals surface area (Å²) in [4.78, 5) is 30.4. The summed E-state index contributed by atoms with van der Waals surface area (Å²) in [7, 11) is 0. The Morgan fingerprint density at radius 1 is 1.27 bits per heavy atom. The van der Waals surface area contributed by atoms with Crippen LogP contribution in [0, 0.1) is 0 Å². The molecule has 0 saturated carbocycles. The van der Waals surface area contributed by atoms with Crippen LogP contribution in [0.3, 0.4) is 0 Å². The first kappa shape index (κ1) is 16.9. The van der Waals surface area contributed by atoms with Crippen molar-refractivity contribution in [2.45, 2.75) is 57.9 Å². The Bertz CT molecular complexity index is 468. The van der Waals surface area contributed by atoms with Crippen molar-refractivity contribution in [3.05, 3.63) is 16.6 Å². The SMILES string of the molecule is CCC(NC(=O)CCC(=O)N1CCCCCC1)c1nccs1. The summed E-state index contributed by atoms with van der Waals surface area (Å²) >= 11 is 1.55. The van der Waals surface area contributed by atoms with E-state index in [9.17, 15) is 9.59 Å². The molecular weight excluding hydrogens is 298 g/mol. The van der Waals surface area contributed by atoms with Gasteiger partial charge in [-0.3, -0.25) is 9.59 Å². The molecule has 0 aliphatic carbocycles. The van der Waals surface area contributed by atoms with E-state index in [1.807, 2.05) is 17.2 Å². The molecule has 0 radical (unpaired) electrons. The lowest BCUT2D eigenvalue weighted by atomic mass is 10.2. The van der Waals surface area contributed by atoms with E-state index in [-0.39, 0.29) is 24.3 Å². The summed E-state index contributed by atoms with van der Waals surface area (Å²) in [5.41, 5.74) is 0. The second kappa shape index (κ2) is 8.88. The van der Waals surface area contributed by atoms with Gasteiger partial charge in [-0.2, -0.15) is 0 Å². The summed E-state index contributed by atoms with van der Waals surface area (Å²) in [6.45, 7) is 3.71. The maximum absolute atomic E-state index is 12.2. The number of hydrogen-bond donors (Lipinski definition) is 1. The number of rotatable bonds is 6. The Hall–Kier alpha value is -1.43. The van der Waals surface area contributed by atoms with Crippen molar-refractivity contribution in [3.63, 3.8) is 0 Å². The van der Waals surface area contributed by atoms with Crippen LogP contribution >= 0.6 is 11.3 Å². The highest BCUT2D eigenvalue weighted by Crippen LogP contribution is 2.19. The molecule has 1 aromatic heterocycles. The lowest BCUT2D eigenvalue weighted by Gasteiger charge is -2.20. The van der Waals surface area contributed by atoms with Crippen molar-refractivity contribution in [3.8, 4) is 0 Å². The number of nitrogens with one attached hydrogen (secondary N) is 1. The minimum Gasteiger partial charge on any atom is -0.347 e. The Labute approximate surface area is 136 Å². The van der Waals surface area contributed by atoms with Gasteiger partial charge in [-0.15, -0.1) is 11.3 Å². The van der Waals surface area contributed by atoms with Gasteiger partial charge in [0.15, 0.2) is 0 Å². The van der Waals surface area contributed by atoms with E-state index in [4.69, 9.17) is 0 Å². The molecule has 122 valence electrons. The minimum atomic E-state index is -0.0646. The zero-order valence-corrected chi connectivity index (χ0v) is 14.0. The normalized spacial score (nSPS) is 16.9. The Morgan fingerprint density at radius 2 is 2.00 bits per heavy atom. The van der Waals surface area contributed by atoms with E-state index < -0.39 is 0 Å². The van der Waals surface area contributed by atoms with Crippen molar-refractivity contribution in [2.24, 2.45) is 0 Å². The van der Waals surface area contributed by atoms with E-state index in [2.05, 4.69) is 10.3 Å². The molecule has 1 unspecified atom stereocenters. The highest BCUT2D eigenvalue weighted by molar-refractivity contribution is 7.09. The van der Waals surface area contributed by atoms with E-state index in [0.29, 0.717) is 6.42 Å². The van der Waals surface area contributed by atoms with Gasteiger partial charge in [-0.05, 0) is 19.3 Å². The molecule has 0 bridgehead atoms. The van der Waals surface area contributed by atoms with E-state index in [1.54, 1.807) is 17.5 Å². The highest BCUT2D eigenvalue weighted by atomic mass is 32.1. The van der Waals surface area contributed by atoms with Crippen LogP contribution in [-0.2, 0) is 9.59 Å². The zero-order valence-electron chi connectivity index (χ0n) is 13.2. The first-order valence-corrected chi connectivity index (χ1v) is 9.05. The number of nitrogens with zero attached hydrogens (tertiary/aromatic N) is 2. The molecule has 1 atom stereocenters. The molecule has 1 N–H and O–H groups in total. The number of thiazole rings is 1. The van der Waals surface area contributed by atoms with Crippen LogP contribution in [0.4, 0.5) is 0 Å². The molecule has 1 saturated heterocycles. The predicted octanol–water partition coefficient (Wildman–Crippen LogP) is 2.89. The smallest absolute Gasteiger partial charge is 0.223 e. The molecule has 2 heterocycles. The van der Waals surface area contributed by atoms with Crippen LogP contribution in [0.2, 0.25) is 0 Å². The molecule has 2 rings (SSSR count). The third-order valence-electron chi connectivity index (χ3n) is 4.02. The standard InChI is InChI=1S/C16H25N3O2S/c1-2-13(16-17-9-12-22-16)18-14(20)7-8-15(21)19-10-5-3-4-6-11-19/h9,12-13H,2-8,10-11H2,1H3,(H,18,20). The first-order valence-electron chi connectivity index (χ1n) is 8.17. The summed E-state index contributed by atoms with van der Waals surface area (Å²) in [5.74, 6) is 0.0459. The molecular formula is C16H25N3O2S. The van der Waals surface area contributed by atoms with Crippen LogP contribution in [-0.4, -0.2) is 34.8 Å². The Balaban J connectivity index is 1.75. The fourth-order valence-electron chi connectivity index (χ4n) is 2.71. The Kier molecular flexibility index (Phi) is 6.83. The van der Waals surface area contributed by atoms with Crippen LogP contribution in [0.25, 0.3) is 0 Å². The molecule has 1 aliphatic rings. The predicted molar refractivity (Wildman–Crippen MR) is 87.6 cm³/mol. The van der Waals surface area contributed by atoms with Gasteiger partial charge in [-0.1, -0.05) is 19.8 Å². The largest absolute Gasteiger partial charge is 0.347 e. The molecule has 2 amide bonds. The van der Waals surface area contributed by atoms with Gasteiger partial charge < -0.3 is 10.2 Å². The second-order valence-corrected chi connectivity index (χ2v) is 6.62. The number of aromatic nitrogens is 1. The highest BCUT2D eigenvalue weighted by Gasteiger charge is 2.18. The zero-order chi connectivity index (χ0) is 15.8. The van der Waals surface area contributed by atoms with Crippen molar-refractivity contribution in [2.75, 3.05) is 13.1 Å². The lowest BCUT2D eigenvalue weighted by Crippen LogP contribution is -2.34. The number of hydrogen-bond acceptors (Lipinski definition) is 4. The van der Waals surface area contributed by atoms with Gasteiger partial charge in [0, 0.05) is 37.5 Å². The number of carbonyl (C=O) groups excluding carboxylic acids is 2. The topological polar surface area (TPSA) is 62.3 Å². The molecule has 0 aromatic carbocycles. The molecule has 1 fully saturated rings. The lowest BCUT2D eigenvalue weighted by molar-refractivity contribution is -0.133. The third-order valence-corrected chi connectivity index (χ3v) is 4.91. The molecule has 6 heteroatoms. The second-order valence-electron chi connectivity index (χ2n) is 5.69. The maximum Gasteiger partial charge on any atom is 0.223 e. The van der Waals surface area contributed by atoms with Gasteiger partial charge in [0.25, 0.3) is 0 Å². The number of amides is 2. The van der Waals surface area contributed by atoms with Gasteiger partial charge >= 0.3 is 0 Å². The van der Waals surface area contributed by atoms with E-state index in [1.165, 1.54) is 12.8 Å². The van der Waals surface area contributed by atoms with Gasteiger partial charge in [0.2, 0.25) is 11.8 Å². The van der Waals surface area contributed by atoms with Crippen molar-refractivity contribution < 1.29 is 9.59 Å². The fourth-order valence-corrected chi connectivity index (χ4v) is 3.48. The first-order chi connectivity index (χ1) is 10.7. The summed E-state index contributed by atoms with van der Waals surface area (Å²) in [5, 5.41) is 5.81. The average Bonchev–Trinajstić information content (AvgIpc) is 2.92. The van der Waals surface area contributed by atoms with Crippen LogP contribution in [0.15, 0.2) is 11.6 Å².